The van der Waals surface area contributed by atoms with Gasteiger partial charge in [0.15, 0.2) is 0 Å². The molecule has 0 aliphatic carbocycles. The topological polar surface area (TPSA) is 12.5 Å². The third-order valence-corrected chi connectivity index (χ3v) is 5.60. The SMILES string of the molecule is COc1ccc(CC(CCCc2ccc(C)cc2)CN2CCCC2)cc1. The van der Waals surface area contributed by atoms with Gasteiger partial charge in [0, 0.05) is 6.54 Å². The second-order valence-corrected chi connectivity index (χ2v) is 7.80. The molecule has 2 heteroatoms. The van der Waals surface area contributed by atoms with Crippen LogP contribution >= 0.6 is 0 Å². The van der Waals surface area contributed by atoms with Crippen LogP contribution < -0.4 is 4.74 Å². The van der Waals surface area contributed by atoms with E-state index in [0.29, 0.717) is 0 Å². The Morgan fingerprint density at radius 3 is 2.23 bits per heavy atom. The van der Waals surface area contributed by atoms with E-state index >= 15 is 0 Å². The van der Waals surface area contributed by atoms with Crippen LogP contribution in [0.2, 0.25) is 0 Å². The van der Waals surface area contributed by atoms with Crippen LogP contribution in [-0.2, 0) is 12.8 Å². The lowest BCUT2D eigenvalue weighted by Crippen LogP contribution is -2.28. The Labute approximate surface area is 159 Å². The van der Waals surface area contributed by atoms with Gasteiger partial charge in [-0.3, -0.25) is 0 Å². The second-order valence-electron chi connectivity index (χ2n) is 7.80. The van der Waals surface area contributed by atoms with Crippen molar-refractivity contribution < 1.29 is 4.74 Å². The number of rotatable bonds is 9. The highest BCUT2D eigenvalue weighted by Gasteiger charge is 2.18. The number of benzene rings is 2. The maximum absolute atomic E-state index is 5.30. The van der Waals surface area contributed by atoms with Gasteiger partial charge in [-0.2, -0.15) is 0 Å². The smallest absolute Gasteiger partial charge is 0.118 e. The lowest BCUT2D eigenvalue weighted by atomic mass is 9.92. The molecule has 3 rings (SSSR count). The van der Waals surface area contributed by atoms with Crippen LogP contribution in [0.25, 0.3) is 0 Å². The maximum atomic E-state index is 5.30. The fourth-order valence-corrected chi connectivity index (χ4v) is 4.03. The van der Waals surface area contributed by atoms with E-state index in [1.165, 1.54) is 74.8 Å². The van der Waals surface area contributed by atoms with E-state index in [0.717, 1.165) is 11.7 Å². The Balaban J connectivity index is 1.55. The maximum Gasteiger partial charge on any atom is 0.118 e. The van der Waals surface area contributed by atoms with Crippen molar-refractivity contribution in [3.05, 3.63) is 65.2 Å². The van der Waals surface area contributed by atoms with Crippen molar-refractivity contribution in [1.29, 1.82) is 0 Å². The number of hydrogen-bond acceptors (Lipinski definition) is 2. The van der Waals surface area contributed by atoms with Crippen molar-refractivity contribution in [2.75, 3.05) is 26.7 Å². The predicted octanol–water partition coefficient (Wildman–Crippen LogP) is 5.28. The second kappa shape index (κ2) is 9.78. The van der Waals surface area contributed by atoms with Crippen molar-refractivity contribution in [1.82, 2.24) is 4.90 Å². The van der Waals surface area contributed by atoms with Gasteiger partial charge in [0.2, 0.25) is 0 Å². The molecule has 1 unspecified atom stereocenters. The Hall–Kier alpha value is -1.80. The predicted molar refractivity (Wildman–Crippen MR) is 110 cm³/mol. The standard InChI is InChI=1S/C24H33NO/c1-20-8-10-21(11-9-20)6-5-7-23(19-25-16-3-4-17-25)18-22-12-14-24(26-2)15-13-22/h8-15,23H,3-7,16-19H2,1-2H3. The van der Waals surface area contributed by atoms with Gasteiger partial charge >= 0.3 is 0 Å². The number of nitrogens with zero attached hydrogens (tertiary/aromatic N) is 1. The fourth-order valence-electron chi connectivity index (χ4n) is 4.03. The van der Waals surface area contributed by atoms with Crippen LogP contribution in [0.5, 0.6) is 5.75 Å². The number of methoxy groups -OCH3 is 1. The van der Waals surface area contributed by atoms with Crippen molar-refractivity contribution in [3.8, 4) is 5.75 Å². The summed E-state index contributed by atoms with van der Waals surface area (Å²) in [7, 11) is 1.73. The molecule has 140 valence electrons. The summed E-state index contributed by atoms with van der Waals surface area (Å²) in [4.78, 5) is 2.67. The minimum Gasteiger partial charge on any atom is -0.497 e. The van der Waals surface area contributed by atoms with Crippen molar-refractivity contribution >= 4 is 0 Å². The van der Waals surface area contributed by atoms with E-state index in [1.807, 2.05) is 0 Å². The summed E-state index contributed by atoms with van der Waals surface area (Å²) < 4.78 is 5.30. The third-order valence-electron chi connectivity index (χ3n) is 5.60. The lowest BCUT2D eigenvalue weighted by Gasteiger charge is -2.24. The van der Waals surface area contributed by atoms with Gasteiger partial charge in [-0.05, 0) is 87.7 Å². The summed E-state index contributed by atoms with van der Waals surface area (Å²) >= 11 is 0. The van der Waals surface area contributed by atoms with E-state index in [2.05, 4.69) is 60.4 Å². The molecule has 2 aromatic carbocycles. The van der Waals surface area contributed by atoms with Crippen LogP contribution in [0, 0.1) is 12.8 Å². The van der Waals surface area contributed by atoms with Gasteiger partial charge < -0.3 is 9.64 Å². The summed E-state index contributed by atoms with van der Waals surface area (Å²) in [6, 6.07) is 17.7. The van der Waals surface area contributed by atoms with Crippen molar-refractivity contribution in [2.24, 2.45) is 5.92 Å². The first kappa shape index (κ1) is 19.0. The summed E-state index contributed by atoms with van der Waals surface area (Å²) in [6.45, 7) is 5.98. The number of hydrogen-bond donors (Lipinski definition) is 0. The lowest BCUT2D eigenvalue weighted by molar-refractivity contribution is 0.264. The summed E-state index contributed by atoms with van der Waals surface area (Å²) in [6.07, 6.45) is 7.69. The van der Waals surface area contributed by atoms with Crippen LogP contribution in [0.15, 0.2) is 48.5 Å². The highest BCUT2D eigenvalue weighted by molar-refractivity contribution is 5.27. The molecule has 0 radical (unpaired) electrons. The van der Waals surface area contributed by atoms with E-state index in [4.69, 9.17) is 4.74 Å². The van der Waals surface area contributed by atoms with Crippen molar-refractivity contribution in [3.63, 3.8) is 0 Å². The summed E-state index contributed by atoms with van der Waals surface area (Å²) in [5.74, 6) is 1.69. The van der Waals surface area contributed by atoms with Crippen LogP contribution in [0.3, 0.4) is 0 Å². The number of likely N-dealkylation sites (tertiary alicyclic amines) is 1. The number of aryl methyl sites for hydroxylation is 2. The Kier molecular flexibility index (Phi) is 7.13. The van der Waals surface area contributed by atoms with E-state index < -0.39 is 0 Å². The Morgan fingerprint density at radius 1 is 0.923 bits per heavy atom. The zero-order chi connectivity index (χ0) is 18.2. The molecule has 1 fully saturated rings. The van der Waals surface area contributed by atoms with Crippen LogP contribution in [0.1, 0.15) is 42.4 Å². The Morgan fingerprint density at radius 2 is 1.58 bits per heavy atom. The Bertz CT molecular complexity index is 641. The largest absolute Gasteiger partial charge is 0.497 e. The molecule has 0 saturated carbocycles. The van der Waals surface area contributed by atoms with Crippen LogP contribution in [-0.4, -0.2) is 31.6 Å². The first-order valence-electron chi connectivity index (χ1n) is 10.1. The van der Waals surface area contributed by atoms with Crippen LogP contribution in [0.4, 0.5) is 0 Å². The normalized spacial score (nSPS) is 15.9. The molecule has 1 aliphatic heterocycles. The molecule has 0 aromatic heterocycles. The molecular weight excluding hydrogens is 318 g/mol. The zero-order valence-corrected chi connectivity index (χ0v) is 16.4. The van der Waals surface area contributed by atoms with Gasteiger partial charge in [-0.15, -0.1) is 0 Å². The molecule has 26 heavy (non-hydrogen) atoms. The molecule has 0 amide bonds. The molecule has 1 atom stereocenters. The molecule has 2 aromatic rings. The summed E-state index contributed by atoms with van der Waals surface area (Å²) in [5, 5.41) is 0. The first-order valence-corrected chi connectivity index (χ1v) is 10.1. The van der Waals surface area contributed by atoms with E-state index in [1.54, 1.807) is 7.11 Å². The number of ether oxygens (including phenoxy) is 1. The summed E-state index contributed by atoms with van der Waals surface area (Å²) in [5.41, 5.74) is 4.26. The average Bonchev–Trinajstić information content (AvgIpc) is 3.17. The average molecular weight is 352 g/mol. The molecule has 2 nitrogen and oxygen atoms in total. The molecule has 1 aliphatic rings. The zero-order valence-electron chi connectivity index (χ0n) is 16.4. The van der Waals surface area contributed by atoms with Gasteiger partial charge in [0.1, 0.15) is 5.75 Å². The van der Waals surface area contributed by atoms with Gasteiger partial charge in [0.25, 0.3) is 0 Å². The van der Waals surface area contributed by atoms with E-state index in [-0.39, 0.29) is 0 Å². The van der Waals surface area contributed by atoms with Crippen molar-refractivity contribution in [2.45, 2.75) is 45.4 Å². The molecule has 0 spiro atoms. The third kappa shape index (κ3) is 5.88. The quantitative estimate of drug-likeness (QED) is 0.609. The molecule has 0 N–H and O–H groups in total. The first-order chi connectivity index (χ1) is 12.7. The monoisotopic (exact) mass is 351 g/mol. The van der Waals surface area contributed by atoms with Gasteiger partial charge in [-0.1, -0.05) is 42.0 Å². The molecule has 1 saturated heterocycles. The van der Waals surface area contributed by atoms with E-state index in [9.17, 15) is 0 Å². The molecular formula is C24H33NO. The van der Waals surface area contributed by atoms with Gasteiger partial charge in [0.05, 0.1) is 7.11 Å². The fraction of sp³-hybridized carbons (Fsp3) is 0.500. The highest BCUT2D eigenvalue weighted by atomic mass is 16.5. The minimum absolute atomic E-state index is 0.743. The highest BCUT2D eigenvalue weighted by Crippen LogP contribution is 2.21. The van der Waals surface area contributed by atoms with Gasteiger partial charge in [-0.25, -0.2) is 0 Å². The molecule has 1 heterocycles. The molecule has 0 bridgehead atoms. The minimum atomic E-state index is 0.743.